The zero-order chi connectivity index (χ0) is 17.4. The molecule has 0 radical (unpaired) electrons. The number of benzene rings is 1. The van der Waals surface area contributed by atoms with E-state index in [0.717, 1.165) is 5.69 Å². The molecule has 0 aliphatic rings. The van der Waals surface area contributed by atoms with Crippen LogP contribution < -0.4 is 15.8 Å². The van der Waals surface area contributed by atoms with Crippen LogP contribution in [0.15, 0.2) is 40.8 Å². The number of alkyl halides is 2. The molecule has 0 bridgehead atoms. The fourth-order valence-corrected chi connectivity index (χ4v) is 2.37. The van der Waals surface area contributed by atoms with E-state index < -0.39 is 11.7 Å². The average molecular weight is 356 g/mol. The number of carbonyl (C=O) groups is 1. The van der Waals surface area contributed by atoms with Gasteiger partial charge in [0.1, 0.15) is 17.3 Å². The van der Waals surface area contributed by atoms with Crippen LogP contribution in [0.25, 0.3) is 0 Å². The van der Waals surface area contributed by atoms with Gasteiger partial charge in [-0.25, -0.2) is 0 Å². The van der Waals surface area contributed by atoms with E-state index in [0.29, 0.717) is 35.6 Å². The minimum Gasteiger partial charge on any atom is -0.491 e. The van der Waals surface area contributed by atoms with Crippen molar-refractivity contribution in [3.8, 4) is 5.75 Å². The molecule has 0 aliphatic carbocycles. The molecule has 0 unspecified atom stereocenters. The zero-order valence-electron chi connectivity index (χ0n) is 12.8. The van der Waals surface area contributed by atoms with Crippen molar-refractivity contribution >= 4 is 23.4 Å². The molecule has 0 fully saturated rings. The number of primary amides is 1. The van der Waals surface area contributed by atoms with Crippen LogP contribution in [-0.4, -0.2) is 18.3 Å². The van der Waals surface area contributed by atoms with Gasteiger partial charge >= 0.3 is 0 Å². The summed E-state index contributed by atoms with van der Waals surface area (Å²) in [5, 5.41) is 3.16. The first kappa shape index (κ1) is 18.1. The highest BCUT2D eigenvalue weighted by Crippen LogP contribution is 2.25. The number of thioether (sulfide) groups is 1. The van der Waals surface area contributed by atoms with Crippen LogP contribution in [0.2, 0.25) is 0 Å². The van der Waals surface area contributed by atoms with Gasteiger partial charge in [0.15, 0.2) is 0 Å². The van der Waals surface area contributed by atoms with Crippen molar-refractivity contribution in [1.82, 2.24) is 0 Å². The Morgan fingerprint density at radius 3 is 2.75 bits per heavy atom. The monoisotopic (exact) mass is 356 g/mol. The highest BCUT2D eigenvalue weighted by atomic mass is 32.2. The van der Waals surface area contributed by atoms with E-state index >= 15 is 0 Å². The minimum atomic E-state index is -2.42. The van der Waals surface area contributed by atoms with Crippen LogP contribution in [0.5, 0.6) is 5.75 Å². The number of hydrogen-bond acceptors (Lipinski definition) is 5. The molecule has 3 N–H and O–H groups in total. The molecule has 1 aromatic carbocycles. The van der Waals surface area contributed by atoms with Crippen molar-refractivity contribution in [3.05, 3.63) is 47.9 Å². The lowest BCUT2D eigenvalue weighted by Crippen LogP contribution is -2.15. The minimum absolute atomic E-state index is 0.129. The standard InChI is InChI=1S/C16H18F2N2O3S/c17-16(18)24-10-12-6-5-11(23-12)9-20-13-3-1-2-4-14(13)22-8-7-15(19)21/h1-6,16,20H,7-10H2,(H2,19,21). The molecule has 0 aliphatic heterocycles. The summed E-state index contributed by atoms with van der Waals surface area (Å²) in [5.41, 5.74) is 5.82. The predicted octanol–water partition coefficient (Wildman–Crippen LogP) is 3.60. The molecule has 2 rings (SSSR count). The number of nitrogens with one attached hydrogen (secondary N) is 1. The summed E-state index contributed by atoms with van der Waals surface area (Å²) >= 11 is 0.521. The first-order chi connectivity index (χ1) is 11.5. The van der Waals surface area contributed by atoms with Crippen LogP contribution in [0, 0.1) is 0 Å². The molecule has 0 atom stereocenters. The maximum Gasteiger partial charge on any atom is 0.284 e. The average Bonchev–Trinajstić information content (AvgIpc) is 2.99. The Labute approximate surface area is 142 Å². The van der Waals surface area contributed by atoms with E-state index in [1.807, 2.05) is 18.2 Å². The number of hydrogen-bond donors (Lipinski definition) is 2. The smallest absolute Gasteiger partial charge is 0.284 e. The third-order valence-corrected chi connectivity index (χ3v) is 3.72. The molecule has 0 saturated carbocycles. The third-order valence-electron chi connectivity index (χ3n) is 3.02. The van der Waals surface area contributed by atoms with Crippen LogP contribution in [0.4, 0.5) is 14.5 Å². The first-order valence-electron chi connectivity index (χ1n) is 7.26. The SMILES string of the molecule is NC(=O)CCOc1ccccc1NCc1ccc(CSC(F)F)o1. The Kier molecular flexibility index (Phi) is 6.92. The van der Waals surface area contributed by atoms with Gasteiger partial charge < -0.3 is 20.2 Å². The molecule has 2 aromatic rings. The van der Waals surface area contributed by atoms with Crippen molar-refractivity contribution in [2.75, 3.05) is 11.9 Å². The van der Waals surface area contributed by atoms with Crippen LogP contribution >= 0.6 is 11.8 Å². The van der Waals surface area contributed by atoms with E-state index in [-0.39, 0.29) is 18.8 Å². The molecule has 1 heterocycles. The van der Waals surface area contributed by atoms with E-state index in [9.17, 15) is 13.6 Å². The Balaban J connectivity index is 1.88. The largest absolute Gasteiger partial charge is 0.491 e. The molecule has 0 saturated heterocycles. The lowest BCUT2D eigenvalue weighted by atomic mass is 10.3. The maximum absolute atomic E-state index is 12.2. The number of ether oxygens (including phenoxy) is 1. The number of nitrogens with two attached hydrogens (primary N) is 1. The number of rotatable bonds is 10. The van der Waals surface area contributed by atoms with Gasteiger partial charge in [0.05, 0.1) is 31.0 Å². The quantitative estimate of drug-likeness (QED) is 0.680. The van der Waals surface area contributed by atoms with Gasteiger partial charge in [-0.3, -0.25) is 4.79 Å². The number of carbonyl (C=O) groups excluding carboxylic acids is 1. The summed E-state index contributed by atoms with van der Waals surface area (Å²) in [4.78, 5) is 10.7. The molecule has 8 heteroatoms. The summed E-state index contributed by atoms with van der Waals surface area (Å²) in [6.45, 7) is 0.583. The van der Waals surface area contributed by atoms with Gasteiger partial charge in [-0.2, -0.15) is 8.78 Å². The maximum atomic E-state index is 12.2. The highest BCUT2D eigenvalue weighted by molar-refractivity contribution is 7.98. The number of anilines is 1. The molecular weight excluding hydrogens is 338 g/mol. The van der Waals surface area contributed by atoms with Crippen molar-refractivity contribution in [2.45, 2.75) is 24.5 Å². The highest BCUT2D eigenvalue weighted by Gasteiger charge is 2.08. The van der Waals surface area contributed by atoms with Gasteiger partial charge in [-0.1, -0.05) is 23.9 Å². The second-order valence-electron chi connectivity index (χ2n) is 4.85. The van der Waals surface area contributed by atoms with E-state index in [2.05, 4.69) is 5.32 Å². The second kappa shape index (κ2) is 9.17. The molecule has 130 valence electrons. The number of amides is 1. The molecule has 1 amide bonds. The first-order valence-corrected chi connectivity index (χ1v) is 8.31. The molecule has 0 spiro atoms. The lowest BCUT2D eigenvalue weighted by Gasteiger charge is -2.12. The number of furan rings is 1. The lowest BCUT2D eigenvalue weighted by molar-refractivity contribution is -0.118. The summed E-state index contributed by atoms with van der Waals surface area (Å²) < 4.78 is 35.3. The zero-order valence-corrected chi connectivity index (χ0v) is 13.7. The second-order valence-corrected chi connectivity index (χ2v) is 5.83. The summed E-state index contributed by atoms with van der Waals surface area (Å²) in [6, 6.07) is 10.7. The Morgan fingerprint density at radius 1 is 1.25 bits per heavy atom. The Morgan fingerprint density at radius 2 is 2.00 bits per heavy atom. The Hall–Kier alpha value is -2.22. The third kappa shape index (κ3) is 6.11. The van der Waals surface area contributed by atoms with Crippen LogP contribution in [-0.2, 0) is 17.1 Å². The van der Waals surface area contributed by atoms with Gasteiger partial charge in [0.2, 0.25) is 5.91 Å². The fraction of sp³-hybridized carbons (Fsp3) is 0.312. The predicted molar refractivity (Wildman–Crippen MR) is 89.1 cm³/mol. The van der Waals surface area contributed by atoms with Gasteiger partial charge in [0, 0.05) is 0 Å². The summed E-state index contributed by atoms with van der Waals surface area (Å²) in [7, 11) is 0. The summed E-state index contributed by atoms with van der Waals surface area (Å²) in [5.74, 6) is -0.982. The van der Waals surface area contributed by atoms with Gasteiger partial charge in [-0.15, -0.1) is 0 Å². The fourth-order valence-electron chi connectivity index (χ4n) is 1.92. The molecule has 1 aromatic heterocycles. The van der Waals surface area contributed by atoms with Gasteiger partial charge in [-0.05, 0) is 24.3 Å². The normalized spacial score (nSPS) is 10.8. The van der Waals surface area contributed by atoms with E-state index in [4.69, 9.17) is 14.9 Å². The van der Waals surface area contributed by atoms with Crippen molar-refractivity contribution < 1.29 is 22.7 Å². The van der Waals surface area contributed by atoms with Crippen LogP contribution in [0.1, 0.15) is 17.9 Å². The Bertz CT molecular complexity index is 664. The molecule has 24 heavy (non-hydrogen) atoms. The van der Waals surface area contributed by atoms with E-state index in [1.165, 1.54) is 0 Å². The molecular formula is C16H18F2N2O3S. The van der Waals surface area contributed by atoms with Crippen molar-refractivity contribution in [3.63, 3.8) is 0 Å². The number of para-hydroxylation sites is 2. The molecule has 5 nitrogen and oxygen atoms in total. The van der Waals surface area contributed by atoms with Gasteiger partial charge in [0.25, 0.3) is 5.76 Å². The van der Waals surface area contributed by atoms with E-state index in [1.54, 1.807) is 18.2 Å². The summed E-state index contributed by atoms with van der Waals surface area (Å²) in [6.07, 6.45) is 0.137. The topological polar surface area (TPSA) is 77.5 Å². The van der Waals surface area contributed by atoms with Crippen molar-refractivity contribution in [1.29, 1.82) is 0 Å². The van der Waals surface area contributed by atoms with Crippen LogP contribution in [0.3, 0.4) is 0 Å². The number of halogens is 2. The van der Waals surface area contributed by atoms with Crippen molar-refractivity contribution in [2.24, 2.45) is 5.73 Å².